The summed E-state index contributed by atoms with van der Waals surface area (Å²) in [6, 6.07) is 6.12. The molecule has 1 saturated carbocycles. The minimum atomic E-state index is 0.353. The third-order valence-corrected chi connectivity index (χ3v) is 6.66. The molecule has 0 bridgehead atoms. The first-order valence-electron chi connectivity index (χ1n) is 10.3. The predicted molar refractivity (Wildman–Crippen MR) is 105 cm³/mol. The highest BCUT2D eigenvalue weighted by Crippen LogP contribution is 2.42. The zero-order valence-electron chi connectivity index (χ0n) is 16.7. The largest absolute Gasteiger partial charge is 0.497 e. The summed E-state index contributed by atoms with van der Waals surface area (Å²) in [6.07, 6.45) is 6.85. The topological polar surface area (TPSA) is 42.0 Å². The Kier molecular flexibility index (Phi) is 5.31. The lowest BCUT2D eigenvalue weighted by molar-refractivity contribution is -0.139. The highest BCUT2D eigenvalue weighted by Gasteiger charge is 2.42. The summed E-state index contributed by atoms with van der Waals surface area (Å²) in [7, 11) is 3.39. The number of hydrogen-bond donors (Lipinski definition) is 0. The Morgan fingerprint density at radius 1 is 1.04 bits per heavy atom. The Hall–Kier alpha value is -1.75. The SMILES string of the molecule is COc1cc(CN2CCC3(CCC(=O)N(CC4CC4)C3)CC2)cc(OC)c1. The van der Waals surface area contributed by atoms with Crippen LogP contribution in [0.5, 0.6) is 11.5 Å². The van der Waals surface area contributed by atoms with Gasteiger partial charge >= 0.3 is 0 Å². The first-order valence-corrected chi connectivity index (χ1v) is 10.3. The van der Waals surface area contributed by atoms with Gasteiger partial charge in [-0.25, -0.2) is 0 Å². The number of ether oxygens (including phenoxy) is 2. The third kappa shape index (κ3) is 4.40. The number of nitrogens with zero attached hydrogens (tertiary/aromatic N) is 2. The second-order valence-electron chi connectivity index (χ2n) is 8.71. The number of amides is 1. The highest BCUT2D eigenvalue weighted by atomic mass is 16.5. The van der Waals surface area contributed by atoms with Crippen LogP contribution in [0.1, 0.15) is 44.1 Å². The quantitative estimate of drug-likeness (QED) is 0.768. The summed E-state index contributed by atoms with van der Waals surface area (Å²) in [5.41, 5.74) is 1.59. The average Bonchev–Trinajstić information content (AvgIpc) is 3.50. The van der Waals surface area contributed by atoms with Gasteiger partial charge in [0, 0.05) is 32.1 Å². The molecular weight excluding hydrogens is 340 g/mol. The molecule has 5 heteroatoms. The van der Waals surface area contributed by atoms with Gasteiger partial charge < -0.3 is 14.4 Å². The molecule has 0 N–H and O–H groups in total. The Bertz CT molecular complexity index is 656. The molecule has 3 aliphatic rings. The lowest BCUT2D eigenvalue weighted by atomic mass is 9.72. The van der Waals surface area contributed by atoms with Gasteiger partial charge in [0.1, 0.15) is 11.5 Å². The van der Waals surface area contributed by atoms with Crippen molar-refractivity contribution in [3.63, 3.8) is 0 Å². The molecule has 0 atom stereocenters. The van der Waals surface area contributed by atoms with Gasteiger partial charge in [-0.15, -0.1) is 0 Å². The van der Waals surface area contributed by atoms with Crippen LogP contribution in [-0.2, 0) is 11.3 Å². The molecule has 0 unspecified atom stereocenters. The summed E-state index contributed by atoms with van der Waals surface area (Å²) in [6.45, 7) is 5.13. The second-order valence-corrected chi connectivity index (χ2v) is 8.71. The fraction of sp³-hybridized carbons (Fsp3) is 0.682. The molecule has 1 amide bonds. The minimum absolute atomic E-state index is 0.353. The van der Waals surface area contributed by atoms with Crippen molar-refractivity contribution in [1.29, 1.82) is 0 Å². The van der Waals surface area contributed by atoms with Gasteiger partial charge in [-0.1, -0.05) is 0 Å². The van der Waals surface area contributed by atoms with Crippen molar-refractivity contribution in [2.45, 2.75) is 45.1 Å². The minimum Gasteiger partial charge on any atom is -0.497 e. The van der Waals surface area contributed by atoms with Crippen molar-refractivity contribution in [2.75, 3.05) is 40.4 Å². The van der Waals surface area contributed by atoms with Crippen molar-refractivity contribution >= 4 is 5.91 Å². The van der Waals surface area contributed by atoms with Crippen molar-refractivity contribution in [3.05, 3.63) is 23.8 Å². The fourth-order valence-electron chi connectivity index (χ4n) is 4.69. The van der Waals surface area contributed by atoms with E-state index >= 15 is 0 Å². The fourth-order valence-corrected chi connectivity index (χ4v) is 4.69. The smallest absolute Gasteiger partial charge is 0.222 e. The maximum atomic E-state index is 12.3. The zero-order chi connectivity index (χ0) is 18.9. The van der Waals surface area contributed by atoms with Gasteiger partial charge in [0.15, 0.2) is 0 Å². The van der Waals surface area contributed by atoms with Crippen LogP contribution in [0.4, 0.5) is 0 Å². The van der Waals surface area contributed by atoms with Crippen LogP contribution >= 0.6 is 0 Å². The molecule has 0 aromatic heterocycles. The first-order chi connectivity index (χ1) is 13.1. The van der Waals surface area contributed by atoms with E-state index in [0.29, 0.717) is 11.3 Å². The van der Waals surface area contributed by atoms with Gasteiger partial charge in [0.05, 0.1) is 14.2 Å². The number of hydrogen-bond acceptors (Lipinski definition) is 4. The van der Waals surface area contributed by atoms with E-state index in [1.54, 1.807) is 14.2 Å². The van der Waals surface area contributed by atoms with E-state index in [4.69, 9.17) is 9.47 Å². The van der Waals surface area contributed by atoms with Gasteiger partial charge in [-0.3, -0.25) is 9.69 Å². The van der Waals surface area contributed by atoms with Crippen molar-refractivity contribution in [2.24, 2.45) is 11.3 Å². The molecule has 4 rings (SSSR count). The van der Waals surface area contributed by atoms with E-state index in [1.807, 2.05) is 6.07 Å². The van der Waals surface area contributed by atoms with Gasteiger partial charge in [-0.05, 0) is 74.2 Å². The van der Waals surface area contributed by atoms with Gasteiger partial charge in [0.2, 0.25) is 5.91 Å². The number of piperidine rings is 2. The summed E-state index contributed by atoms with van der Waals surface area (Å²) in [5.74, 6) is 2.87. The average molecular weight is 373 g/mol. The van der Waals surface area contributed by atoms with E-state index in [9.17, 15) is 4.79 Å². The Morgan fingerprint density at radius 3 is 2.30 bits per heavy atom. The van der Waals surface area contributed by atoms with E-state index in [2.05, 4.69) is 21.9 Å². The number of rotatable bonds is 6. The molecule has 1 spiro atoms. The summed E-state index contributed by atoms with van der Waals surface area (Å²) in [5, 5.41) is 0. The maximum Gasteiger partial charge on any atom is 0.222 e. The Labute approximate surface area is 162 Å². The molecule has 148 valence electrons. The normalized spacial score (nSPS) is 22.9. The maximum absolute atomic E-state index is 12.3. The molecule has 2 heterocycles. The molecule has 5 nitrogen and oxygen atoms in total. The van der Waals surface area contributed by atoms with Crippen LogP contribution in [0.3, 0.4) is 0 Å². The van der Waals surface area contributed by atoms with E-state index < -0.39 is 0 Å². The number of benzene rings is 1. The summed E-state index contributed by atoms with van der Waals surface area (Å²) in [4.78, 5) is 17.0. The summed E-state index contributed by atoms with van der Waals surface area (Å²) >= 11 is 0. The molecule has 27 heavy (non-hydrogen) atoms. The molecule has 2 aliphatic heterocycles. The number of carbonyl (C=O) groups is 1. The number of likely N-dealkylation sites (tertiary alicyclic amines) is 2. The third-order valence-electron chi connectivity index (χ3n) is 6.66. The molecule has 3 fully saturated rings. The highest BCUT2D eigenvalue weighted by molar-refractivity contribution is 5.77. The van der Waals surface area contributed by atoms with Crippen LogP contribution in [0.2, 0.25) is 0 Å². The molecule has 1 aromatic rings. The molecule has 1 aromatic carbocycles. The monoisotopic (exact) mass is 372 g/mol. The summed E-state index contributed by atoms with van der Waals surface area (Å²) < 4.78 is 10.8. The van der Waals surface area contributed by atoms with Gasteiger partial charge in [-0.2, -0.15) is 0 Å². The molecule has 1 aliphatic carbocycles. The van der Waals surface area contributed by atoms with Crippen LogP contribution in [-0.4, -0.2) is 56.1 Å². The van der Waals surface area contributed by atoms with Crippen molar-refractivity contribution in [3.8, 4) is 11.5 Å². The van der Waals surface area contributed by atoms with Crippen LogP contribution in [0.25, 0.3) is 0 Å². The zero-order valence-corrected chi connectivity index (χ0v) is 16.7. The number of methoxy groups -OCH3 is 2. The van der Waals surface area contributed by atoms with Crippen molar-refractivity contribution < 1.29 is 14.3 Å². The molecule has 0 radical (unpaired) electrons. The number of carbonyl (C=O) groups excluding carboxylic acids is 1. The Morgan fingerprint density at radius 2 is 1.70 bits per heavy atom. The van der Waals surface area contributed by atoms with E-state index in [-0.39, 0.29) is 0 Å². The van der Waals surface area contributed by atoms with Crippen LogP contribution in [0, 0.1) is 11.3 Å². The molecular formula is C22H32N2O3. The van der Waals surface area contributed by atoms with Crippen molar-refractivity contribution in [1.82, 2.24) is 9.80 Å². The van der Waals surface area contributed by atoms with E-state index in [0.717, 1.165) is 63.0 Å². The molecule has 2 saturated heterocycles. The first kappa shape index (κ1) is 18.6. The lowest BCUT2D eigenvalue weighted by Gasteiger charge is -2.47. The lowest BCUT2D eigenvalue weighted by Crippen LogP contribution is -2.51. The van der Waals surface area contributed by atoms with E-state index in [1.165, 1.54) is 31.2 Å². The van der Waals surface area contributed by atoms with Crippen LogP contribution in [0.15, 0.2) is 18.2 Å². The predicted octanol–water partition coefficient (Wildman–Crippen LogP) is 3.32. The van der Waals surface area contributed by atoms with Crippen LogP contribution < -0.4 is 9.47 Å². The van der Waals surface area contributed by atoms with Gasteiger partial charge in [0.25, 0.3) is 0 Å². The standard InChI is InChI=1S/C22H32N2O3/c1-26-19-11-18(12-20(13-19)27-2)14-23-9-7-22(8-10-23)6-5-21(25)24(16-22)15-17-3-4-17/h11-13,17H,3-10,14-16H2,1-2H3. The Balaban J connectivity index is 1.35. The second kappa shape index (κ2) is 7.70.